The number of alkyl halides is 2. The molecule has 1 aromatic heterocycles. The third-order valence-electron chi connectivity index (χ3n) is 2.75. The fraction of sp³-hybridized carbons (Fsp3) is 0.636. The van der Waals surface area contributed by atoms with Crippen LogP contribution in [0, 0.1) is 0 Å². The number of nitrogens with zero attached hydrogens (tertiary/aromatic N) is 3. The van der Waals surface area contributed by atoms with Gasteiger partial charge < -0.3 is 9.64 Å². The van der Waals surface area contributed by atoms with E-state index in [1.54, 1.807) is 11.0 Å². The van der Waals surface area contributed by atoms with Crippen LogP contribution in [0.4, 0.5) is 14.6 Å². The van der Waals surface area contributed by atoms with Gasteiger partial charge in [0.25, 0.3) is 5.92 Å². The monoisotopic (exact) mass is 277 g/mol. The van der Waals surface area contributed by atoms with Crippen LogP contribution in [0.1, 0.15) is 19.8 Å². The second-order valence-corrected chi connectivity index (χ2v) is 4.49. The zero-order valence-corrected chi connectivity index (χ0v) is 10.8. The molecule has 1 aliphatic rings. The lowest BCUT2D eigenvalue weighted by Crippen LogP contribution is -2.39. The second-order valence-electron chi connectivity index (χ2n) is 4.11. The van der Waals surface area contributed by atoms with E-state index in [1.165, 1.54) is 0 Å². The first-order chi connectivity index (χ1) is 8.50. The summed E-state index contributed by atoms with van der Waals surface area (Å²) in [6, 6.07) is 1.74. The Kier molecular flexibility index (Phi) is 3.85. The maximum Gasteiger partial charge on any atom is 0.319 e. The van der Waals surface area contributed by atoms with Crippen LogP contribution in [0.25, 0.3) is 0 Å². The van der Waals surface area contributed by atoms with Crippen molar-refractivity contribution >= 4 is 17.4 Å². The molecule has 2 rings (SSSR count). The Morgan fingerprint density at radius 1 is 1.39 bits per heavy atom. The number of hydrogen-bond donors (Lipinski definition) is 0. The van der Waals surface area contributed by atoms with Crippen LogP contribution in [0.15, 0.2) is 6.07 Å². The Balaban J connectivity index is 2.13. The van der Waals surface area contributed by atoms with Gasteiger partial charge in [0, 0.05) is 32.0 Å². The molecule has 2 heterocycles. The maximum absolute atomic E-state index is 13.1. The van der Waals surface area contributed by atoms with Crippen LogP contribution in [-0.4, -0.2) is 35.6 Å². The molecular weight excluding hydrogens is 264 g/mol. The third kappa shape index (κ3) is 3.19. The molecule has 1 aromatic rings. The first kappa shape index (κ1) is 13.3. The van der Waals surface area contributed by atoms with Crippen molar-refractivity contribution in [2.75, 3.05) is 24.6 Å². The molecule has 0 atom stereocenters. The predicted octanol–water partition coefficient (Wildman–Crippen LogP) is 2.76. The summed E-state index contributed by atoms with van der Waals surface area (Å²) >= 11 is 5.86. The lowest BCUT2D eigenvalue weighted by atomic mass is 10.1. The summed E-state index contributed by atoms with van der Waals surface area (Å²) < 4.78 is 31.3. The fourth-order valence-corrected chi connectivity index (χ4v) is 1.97. The molecular formula is C11H14ClF2N3O. The lowest BCUT2D eigenvalue weighted by molar-refractivity contribution is -0.0221. The van der Waals surface area contributed by atoms with Gasteiger partial charge in [-0.2, -0.15) is 9.97 Å². The number of ether oxygens (including phenoxy) is 1. The van der Waals surface area contributed by atoms with E-state index in [0.717, 1.165) is 0 Å². The van der Waals surface area contributed by atoms with Crippen molar-refractivity contribution in [3.8, 4) is 6.01 Å². The van der Waals surface area contributed by atoms with E-state index in [2.05, 4.69) is 9.97 Å². The normalized spacial score (nSPS) is 18.8. The number of aromatic nitrogens is 2. The predicted molar refractivity (Wildman–Crippen MR) is 64.6 cm³/mol. The van der Waals surface area contributed by atoms with Gasteiger partial charge in [-0.3, -0.25) is 0 Å². The fourth-order valence-electron chi connectivity index (χ4n) is 1.80. The van der Waals surface area contributed by atoms with Gasteiger partial charge in [-0.25, -0.2) is 8.78 Å². The number of rotatable bonds is 3. The summed E-state index contributed by atoms with van der Waals surface area (Å²) in [4.78, 5) is 9.83. The summed E-state index contributed by atoms with van der Waals surface area (Å²) in [6.45, 7) is 2.75. The summed E-state index contributed by atoms with van der Waals surface area (Å²) in [6.07, 6.45) is -0.336. The van der Waals surface area contributed by atoms with Gasteiger partial charge in [-0.05, 0) is 6.92 Å². The molecule has 4 nitrogen and oxygen atoms in total. The molecule has 1 fully saturated rings. The summed E-state index contributed by atoms with van der Waals surface area (Å²) in [5.41, 5.74) is 0. The highest BCUT2D eigenvalue weighted by Gasteiger charge is 2.34. The van der Waals surface area contributed by atoms with E-state index in [1.807, 2.05) is 6.92 Å². The molecule has 1 aliphatic heterocycles. The molecule has 1 saturated heterocycles. The Labute approximate surface area is 109 Å². The molecule has 18 heavy (non-hydrogen) atoms. The first-order valence-corrected chi connectivity index (χ1v) is 6.18. The summed E-state index contributed by atoms with van der Waals surface area (Å²) in [7, 11) is 0. The number of anilines is 1. The average Bonchev–Trinajstić information content (AvgIpc) is 2.28. The molecule has 7 heteroatoms. The van der Waals surface area contributed by atoms with E-state index in [9.17, 15) is 8.78 Å². The minimum absolute atomic E-state index is 0.168. The van der Waals surface area contributed by atoms with Gasteiger partial charge in [0.2, 0.25) is 0 Å². The van der Waals surface area contributed by atoms with Crippen molar-refractivity contribution in [1.29, 1.82) is 0 Å². The standard InChI is InChI=1S/C11H14ClF2N3O/c1-2-18-10-15-8(12)7-9(16-10)17-5-3-11(13,14)4-6-17/h7H,2-6H2,1H3. The zero-order valence-electron chi connectivity index (χ0n) is 10.00. The van der Waals surface area contributed by atoms with E-state index in [0.29, 0.717) is 12.4 Å². The average molecular weight is 278 g/mol. The minimum Gasteiger partial charge on any atom is -0.464 e. The molecule has 0 spiro atoms. The highest BCUT2D eigenvalue weighted by atomic mass is 35.5. The van der Waals surface area contributed by atoms with Crippen molar-refractivity contribution in [3.05, 3.63) is 11.2 Å². The zero-order chi connectivity index (χ0) is 13.2. The molecule has 100 valence electrons. The minimum atomic E-state index is -2.57. The Morgan fingerprint density at radius 3 is 2.67 bits per heavy atom. The summed E-state index contributed by atoms with van der Waals surface area (Å²) in [5, 5.41) is 0.251. The quantitative estimate of drug-likeness (QED) is 0.797. The number of halogens is 3. The molecule has 0 bridgehead atoms. The van der Waals surface area contributed by atoms with Gasteiger partial charge >= 0.3 is 6.01 Å². The molecule has 0 aliphatic carbocycles. The Hall–Kier alpha value is -1.17. The van der Waals surface area contributed by atoms with Gasteiger partial charge in [0.15, 0.2) is 0 Å². The van der Waals surface area contributed by atoms with Crippen molar-refractivity contribution in [3.63, 3.8) is 0 Å². The van der Waals surface area contributed by atoms with Crippen LogP contribution in [-0.2, 0) is 0 Å². The molecule has 0 radical (unpaired) electrons. The van der Waals surface area contributed by atoms with Crippen LogP contribution in [0.5, 0.6) is 6.01 Å². The van der Waals surface area contributed by atoms with E-state index in [4.69, 9.17) is 16.3 Å². The third-order valence-corrected chi connectivity index (χ3v) is 2.95. The van der Waals surface area contributed by atoms with Gasteiger partial charge in [0.05, 0.1) is 6.61 Å². The van der Waals surface area contributed by atoms with Crippen LogP contribution in [0.3, 0.4) is 0 Å². The Bertz CT molecular complexity index is 421. The molecule has 0 unspecified atom stereocenters. The van der Waals surface area contributed by atoms with Crippen molar-refractivity contribution in [2.24, 2.45) is 0 Å². The second kappa shape index (κ2) is 5.22. The molecule has 0 N–H and O–H groups in total. The highest BCUT2D eigenvalue weighted by molar-refractivity contribution is 6.29. The molecule has 0 saturated carbocycles. The first-order valence-electron chi connectivity index (χ1n) is 5.80. The summed E-state index contributed by atoms with van der Waals surface area (Å²) in [5.74, 6) is -2.04. The SMILES string of the molecule is CCOc1nc(Cl)cc(N2CCC(F)(F)CC2)n1. The largest absolute Gasteiger partial charge is 0.464 e. The van der Waals surface area contributed by atoms with Crippen LogP contribution >= 0.6 is 11.6 Å². The van der Waals surface area contributed by atoms with Gasteiger partial charge in [-0.1, -0.05) is 11.6 Å². The van der Waals surface area contributed by atoms with Gasteiger partial charge in [-0.15, -0.1) is 0 Å². The van der Waals surface area contributed by atoms with Crippen molar-refractivity contribution in [2.45, 2.75) is 25.7 Å². The lowest BCUT2D eigenvalue weighted by Gasteiger charge is -2.32. The van der Waals surface area contributed by atoms with Crippen LogP contribution in [0.2, 0.25) is 5.15 Å². The maximum atomic E-state index is 13.1. The van der Waals surface area contributed by atoms with Crippen LogP contribution < -0.4 is 9.64 Å². The van der Waals surface area contributed by atoms with E-state index >= 15 is 0 Å². The van der Waals surface area contributed by atoms with Crippen molar-refractivity contribution in [1.82, 2.24) is 9.97 Å². The molecule has 0 aromatic carbocycles. The smallest absolute Gasteiger partial charge is 0.319 e. The topological polar surface area (TPSA) is 38.2 Å². The number of hydrogen-bond acceptors (Lipinski definition) is 4. The Morgan fingerprint density at radius 2 is 2.06 bits per heavy atom. The number of piperidine rings is 1. The van der Waals surface area contributed by atoms with Gasteiger partial charge in [0.1, 0.15) is 11.0 Å². The van der Waals surface area contributed by atoms with E-state index in [-0.39, 0.29) is 37.1 Å². The highest BCUT2D eigenvalue weighted by Crippen LogP contribution is 2.30. The molecule has 0 amide bonds. The van der Waals surface area contributed by atoms with Crippen molar-refractivity contribution < 1.29 is 13.5 Å². The van der Waals surface area contributed by atoms with E-state index < -0.39 is 5.92 Å².